The highest BCUT2D eigenvalue weighted by Gasteiger charge is 2.18. The zero-order valence-corrected chi connectivity index (χ0v) is 25.1. The molecule has 3 rings (SSSR count). The summed E-state index contributed by atoms with van der Waals surface area (Å²) in [4.78, 5) is 38.2. The number of esters is 1. The summed E-state index contributed by atoms with van der Waals surface area (Å²) in [5, 5.41) is 12.6. The number of benzene rings is 2. The summed E-state index contributed by atoms with van der Waals surface area (Å²) in [6.07, 6.45) is 16.8. The maximum absolute atomic E-state index is 12.0. The Labute approximate surface area is 253 Å². The van der Waals surface area contributed by atoms with E-state index in [0.717, 1.165) is 36.1 Å². The minimum Gasteiger partial charge on any atom is -0.493 e. The van der Waals surface area contributed by atoms with E-state index >= 15 is 0 Å². The highest BCUT2D eigenvalue weighted by Crippen LogP contribution is 2.25. The van der Waals surface area contributed by atoms with Gasteiger partial charge in [0.15, 0.2) is 0 Å². The lowest BCUT2D eigenvalue weighted by Crippen LogP contribution is -2.40. The molecule has 0 aliphatic heterocycles. The molecule has 0 bridgehead atoms. The smallest absolute Gasteiger partial charge is 0.333 e. The van der Waals surface area contributed by atoms with Gasteiger partial charge in [0.25, 0.3) is 5.09 Å². The zero-order valence-electron chi connectivity index (χ0n) is 24.3. The quantitative estimate of drug-likeness (QED) is 0.0565. The van der Waals surface area contributed by atoms with Crippen LogP contribution in [-0.4, -0.2) is 29.6 Å². The maximum Gasteiger partial charge on any atom is 0.333 e. The number of amides is 1. The third-order valence-electron chi connectivity index (χ3n) is 6.35. The van der Waals surface area contributed by atoms with Gasteiger partial charge in [0.05, 0.1) is 6.61 Å². The van der Waals surface area contributed by atoms with E-state index in [4.69, 9.17) is 21.1 Å². The number of carbonyl (C=O) groups excluding carboxylic acids is 2. The van der Waals surface area contributed by atoms with Gasteiger partial charge in [-0.25, -0.2) is 4.79 Å². The molecule has 0 saturated heterocycles. The van der Waals surface area contributed by atoms with Crippen molar-refractivity contribution < 1.29 is 29.0 Å². The van der Waals surface area contributed by atoms with Crippen LogP contribution in [-0.2, 0) is 21.0 Å². The van der Waals surface area contributed by atoms with Crippen molar-refractivity contribution >= 4 is 23.5 Å². The Bertz CT molecular complexity index is 1180. The lowest BCUT2D eigenvalue weighted by Gasteiger charge is -2.13. The molecule has 0 radical (unpaired) electrons. The van der Waals surface area contributed by atoms with E-state index in [1.165, 1.54) is 38.7 Å². The number of halogens is 1. The van der Waals surface area contributed by atoms with Gasteiger partial charge in [-0.05, 0) is 87.8 Å². The lowest BCUT2D eigenvalue weighted by molar-refractivity contribution is -0.763. The molecule has 10 heteroatoms. The van der Waals surface area contributed by atoms with Crippen molar-refractivity contribution in [2.24, 2.45) is 5.92 Å². The van der Waals surface area contributed by atoms with E-state index in [1.54, 1.807) is 18.2 Å². The topological polar surface area (TPSA) is 117 Å². The zero-order chi connectivity index (χ0) is 30.6. The molecule has 1 aliphatic rings. The van der Waals surface area contributed by atoms with Gasteiger partial charge in [-0.15, -0.1) is 10.1 Å². The van der Waals surface area contributed by atoms with Gasteiger partial charge >= 0.3 is 5.97 Å². The first-order chi connectivity index (χ1) is 20.3. The summed E-state index contributed by atoms with van der Waals surface area (Å²) in [6.45, 7) is 3.93. The minimum atomic E-state index is -0.896. The molecule has 1 atom stereocenters. The van der Waals surface area contributed by atoms with Crippen LogP contribution in [0.1, 0.15) is 70.8 Å². The molecule has 1 amide bonds. The van der Waals surface area contributed by atoms with E-state index in [-0.39, 0.29) is 18.3 Å². The van der Waals surface area contributed by atoms with Crippen LogP contribution in [0.2, 0.25) is 5.02 Å². The van der Waals surface area contributed by atoms with Crippen molar-refractivity contribution in [3.05, 3.63) is 93.5 Å². The maximum atomic E-state index is 12.0. The first-order valence-electron chi connectivity index (χ1n) is 14.3. The number of nitrogens with zero attached hydrogens (tertiary/aromatic N) is 1. The molecule has 0 aromatic heterocycles. The van der Waals surface area contributed by atoms with Crippen molar-refractivity contribution in [1.29, 1.82) is 0 Å². The molecule has 0 spiro atoms. The summed E-state index contributed by atoms with van der Waals surface area (Å²) in [6, 6.07) is 13.0. The SMILES string of the molecule is C/C=C\CCCC(=O)NC(C)C(=O)Oc1cccc(CO[N+](=O)[O-])c1.Clc1cccc(OCC/C=C/C2CCCC2)c1. The van der Waals surface area contributed by atoms with Crippen LogP contribution in [0.15, 0.2) is 72.8 Å². The largest absolute Gasteiger partial charge is 0.493 e. The van der Waals surface area contributed by atoms with E-state index in [9.17, 15) is 19.7 Å². The summed E-state index contributed by atoms with van der Waals surface area (Å²) < 4.78 is 10.8. The second-order valence-electron chi connectivity index (χ2n) is 9.88. The Morgan fingerprint density at radius 1 is 1.10 bits per heavy atom. The van der Waals surface area contributed by atoms with Crippen LogP contribution < -0.4 is 14.8 Å². The number of allylic oxidation sites excluding steroid dienone is 3. The third kappa shape index (κ3) is 15.2. The Balaban J connectivity index is 0.000000314. The fourth-order valence-corrected chi connectivity index (χ4v) is 4.37. The number of ether oxygens (including phenoxy) is 2. The van der Waals surface area contributed by atoms with E-state index in [2.05, 4.69) is 22.3 Å². The minimum absolute atomic E-state index is 0.220. The Hall–Kier alpha value is -3.85. The fourth-order valence-electron chi connectivity index (χ4n) is 4.19. The van der Waals surface area contributed by atoms with Crippen molar-refractivity contribution in [3.63, 3.8) is 0 Å². The van der Waals surface area contributed by atoms with E-state index < -0.39 is 17.1 Å². The Morgan fingerprint density at radius 3 is 2.55 bits per heavy atom. The van der Waals surface area contributed by atoms with Crippen molar-refractivity contribution in [2.75, 3.05) is 6.61 Å². The average molecular weight is 601 g/mol. The highest BCUT2D eigenvalue weighted by atomic mass is 35.5. The van der Waals surface area contributed by atoms with Crippen LogP contribution in [0.25, 0.3) is 0 Å². The van der Waals surface area contributed by atoms with Gasteiger partial charge < -0.3 is 19.6 Å². The summed E-state index contributed by atoms with van der Waals surface area (Å²) in [7, 11) is 0. The molecule has 9 nitrogen and oxygen atoms in total. The second kappa shape index (κ2) is 20.1. The van der Waals surface area contributed by atoms with Gasteiger partial charge in [-0.1, -0.05) is 66.9 Å². The predicted octanol–water partition coefficient (Wildman–Crippen LogP) is 7.41. The number of hydrogen-bond donors (Lipinski definition) is 1. The van der Waals surface area contributed by atoms with E-state index in [0.29, 0.717) is 18.4 Å². The molecule has 1 fully saturated rings. The summed E-state index contributed by atoms with van der Waals surface area (Å²) in [5.41, 5.74) is 0.489. The number of unbranched alkanes of at least 4 members (excludes halogenated alkanes) is 1. The van der Waals surface area contributed by atoms with Crippen LogP contribution in [0.4, 0.5) is 0 Å². The van der Waals surface area contributed by atoms with Crippen molar-refractivity contribution in [3.8, 4) is 11.5 Å². The lowest BCUT2D eigenvalue weighted by atomic mass is 10.1. The monoisotopic (exact) mass is 600 g/mol. The standard InChI is InChI=1S/C17H22N2O6.C15H19ClO/c1-3-4-5-6-10-16(20)18-13(2)17(21)25-15-9-7-8-14(11-15)12-24-19(22)23;16-14-9-5-10-15(12-14)17-11-4-3-8-13-6-1-2-7-13/h3-4,7-9,11,13H,5-6,10,12H2,1-2H3,(H,18,20);3,5,8-10,12-13H,1-2,4,6-7,11H2/b4-3-;8-3+. The van der Waals surface area contributed by atoms with Gasteiger partial charge in [-0.3, -0.25) is 4.79 Å². The molecular weight excluding hydrogens is 560 g/mol. The molecule has 228 valence electrons. The van der Waals surface area contributed by atoms with Crippen molar-refractivity contribution in [1.82, 2.24) is 5.32 Å². The molecule has 0 heterocycles. The molecule has 2 aromatic rings. The summed E-state index contributed by atoms with van der Waals surface area (Å²) >= 11 is 5.88. The Morgan fingerprint density at radius 2 is 1.83 bits per heavy atom. The van der Waals surface area contributed by atoms with Crippen molar-refractivity contribution in [2.45, 2.75) is 77.9 Å². The molecular formula is C32H41ClN2O7. The van der Waals surface area contributed by atoms with Gasteiger partial charge in [0.2, 0.25) is 5.91 Å². The summed E-state index contributed by atoms with van der Waals surface area (Å²) in [5.74, 6) is 1.06. The first kappa shape index (κ1) is 34.4. The molecule has 1 unspecified atom stereocenters. The molecule has 2 aromatic carbocycles. The number of carbonyl (C=O) groups is 2. The molecule has 1 aliphatic carbocycles. The average Bonchev–Trinajstić information content (AvgIpc) is 3.48. The second-order valence-corrected chi connectivity index (χ2v) is 10.3. The van der Waals surface area contributed by atoms with Crippen LogP contribution in [0.3, 0.4) is 0 Å². The molecule has 1 N–H and O–H groups in total. The predicted molar refractivity (Wildman–Crippen MR) is 163 cm³/mol. The van der Waals surface area contributed by atoms with Gasteiger partial charge in [0.1, 0.15) is 24.1 Å². The van der Waals surface area contributed by atoms with E-state index in [1.807, 2.05) is 43.3 Å². The Kier molecular flexibility index (Phi) is 16.4. The first-order valence-corrected chi connectivity index (χ1v) is 14.7. The molecule has 1 saturated carbocycles. The van der Waals surface area contributed by atoms with Gasteiger partial charge in [0, 0.05) is 11.4 Å². The van der Waals surface area contributed by atoms with Gasteiger partial charge in [-0.2, -0.15) is 0 Å². The van der Waals surface area contributed by atoms with Crippen LogP contribution in [0, 0.1) is 16.0 Å². The normalized spacial score (nSPS) is 13.8. The van der Waals surface area contributed by atoms with Crippen LogP contribution in [0.5, 0.6) is 11.5 Å². The highest BCUT2D eigenvalue weighted by molar-refractivity contribution is 6.30. The number of nitrogens with one attached hydrogen (secondary N) is 1. The fraction of sp³-hybridized carbons (Fsp3) is 0.438. The third-order valence-corrected chi connectivity index (χ3v) is 6.59. The molecule has 42 heavy (non-hydrogen) atoms. The number of hydrogen-bond acceptors (Lipinski definition) is 7. The van der Waals surface area contributed by atoms with Crippen LogP contribution >= 0.6 is 11.6 Å². The number of rotatable bonds is 15.